The van der Waals surface area contributed by atoms with Crippen molar-refractivity contribution in [1.29, 1.82) is 0 Å². The maximum atomic E-state index is 11.1. The number of aliphatic hydroxyl groups excluding tert-OH is 1. The zero-order valence-corrected chi connectivity index (χ0v) is 22.6. The molecular weight excluding hydrogens is 416 g/mol. The second-order valence-corrected chi connectivity index (χ2v) is 17.4. The highest BCUT2D eigenvalue weighted by Gasteiger charge is 2.67. The van der Waals surface area contributed by atoms with Crippen molar-refractivity contribution in [2.24, 2.45) is 34.5 Å². The number of hydrogen-bond acceptors (Lipinski definition) is 4. The first-order chi connectivity index (χ1) is 14.9. The predicted octanol–water partition coefficient (Wildman–Crippen LogP) is 6.28. The molecule has 0 aromatic rings. The molecule has 0 aromatic carbocycles. The molecule has 0 unspecified atom stereocenters. The summed E-state index contributed by atoms with van der Waals surface area (Å²) in [7, 11) is -2.00. The highest BCUT2D eigenvalue weighted by atomic mass is 28.4. The SMILES string of the molecule is CCO[C@@H]1C[C@H]2C(O[Si](C)(C)C(C)(C)C)=CC[C@@H]3[C@@]4(C)CC=C[C@@H](C)[C@@H]4C[C@@H](O1)[C@]32CO. The van der Waals surface area contributed by atoms with Gasteiger partial charge in [-0.15, -0.1) is 0 Å². The molecule has 3 aliphatic carbocycles. The minimum atomic E-state index is -2.00. The Bertz CT molecular complexity index is 768. The standard InChI is InChI=1S/C27H46O4Si/c1-9-29-24-16-20-21(31-32(7,8)25(3,4)5)12-13-22-26(6)14-10-11-18(2)19(26)15-23(30-24)27(20,22)17-28/h10-12,18-20,22-24,28H,9,13-17H2,1-8H3/t18-,19+,20+,22-,23-,24+,26+,27+/m1/s1. The Morgan fingerprint density at radius 1 is 1.25 bits per heavy atom. The van der Waals surface area contributed by atoms with Crippen LogP contribution in [0.2, 0.25) is 18.1 Å². The van der Waals surface area contributed by atoms with Crippen LogP contribution in [0.1, 0.15) is 67.2 Å². The lowest BCUT2D eigenvalue weighted by Crippen LogP contribution is -2.67. The molecule has 182 valence electrons. The van der Waals surface area contributed by atoms with Crippen molar-refractivity contribution >= 4 is 8.32 Å². The summed E-state index contributed by atoms with van der Waals surface area (Å²) in [5, 5.41) is 11.3. The van der Waals surface area contributed by atoms with Gasteiger partial charge in [0.1, 0.15) is 0 Å². The molecule has 1 heterocycles. The summed E-state index contributed by atoms with van der Waals surface area (Å²) in [5.74, 6) is 2.75. The van der Waals surface area contributed by atoms with Gasteiger partial charge in [-0.2, -0.15) is 0 Å². The van der Waals surface area contributed by atoms with Crippen LogP contribution in [-0.4, -0.2) is 39.0 Å². The predicted molar refractivity (Wildman–Crippen MR) is 132 cm³/mol. The van der Waals surface area contributed by atoms with Gasteiger partial charge in [-0.3, -0.25) is 0 Å². The van der Waals surface area contributed by atoms with Crippen LogP contribution >= 0.6 is 0 Å². The second kappa shape index (κ2) is 8.25. The summed E-state index contributed by atoms with van der Waals surface area (Å²) in [6.45, 7) is 19.2. The third-order valence-corrected chi connectivity index (χ3v) is 14.4. The van der Waals surface area contributed by atoms with Crippen LogP contribution in [0.3, 0.4) is 0 Å². The van der Waals surface area contributed by atoms with Gasteiger partial charge in [0.15, 0.2) is 6.29 Å². The van der Waals surface area contributed by atoms with E-state index >= 15 is 0 Å². The molecule has 2 fully saturated rings. The van der Waals surface area contributed by atoms with E-state index in [1.807, 2.05) is 6.92 Å². The van der Waals surface area contributed by atoms with Gasteiger partial charge in [0, 0.05) is 24.4 Å². The summed E-state index contributed by atoms with van der Waals surface area (Å²) >= 11 is 0. The maximum Gasteiger partial charge on any atom is 0.250 e. The summed E-state index contributed by atoms with van der Waals surface area (Å²) in [6, 6.07) is 0. The van der Waals surface area contributed by atoms with Crippen molar-refractivity contribution in [2.45, 2.75) is 97.8 Å². The average Bonchev–Trinajstić information content (AvgIpc) is 2.70. The van der Waals surface area contributed by atoms with E-state index in [4.69, 9.17) is 13.9 Å². The van der Waals surface area contributed by atoms with E-state index in [2.05, 4.69) is 65.9 Å². The lowest BCUT2D eigenvalue weighted by molar-refractivity contribution is -0.306. The van der Waals surface area contributed by atoms with Gasteiger partial charge in [0.25, 0.3) is 0 Å². The summed E-state index contributed by atoms with van der Waals surface area (Å²) in [4.78, 5) is 0. The van der Waals surface area contributed by atoms with Gasteiger partial charge in [-0.1, -0.05) is 46.8 Å². The van der Waals surface area contributed by atoms with Crippen LogP contribution in [0, 0.1) is 34.5 Å². The van der Waals surface area contributed by atoms with Crippen LogP contribution in [-0.2, 0) is 13.9 Å². The molecule has 1 saturated carbocycles. The Hall–Kier alpha value is -0.623. The number of allylic oxidation sites excluding steroid dienone is 4. The zero-order valence-electron chi connectivity index (χ0n) is 21.6. The van der Waals surface area contributed by atoms with Crippen LogP contribution in [0.5, 0.6) is 0 Å². The van der Waals surface area contributed by atoms with Crippen molar-refractivity contribution < 1.29 is 19.0 Å². The van der Waals surface area contributed by atoms with Crippen molar-refractivity contribution in [3.63, 3.8) is 0 Å². The molecule has 4 rings (SSSR count). The average molecular weight is 463 g/mol. The third kappa shape index (κ3) is 3.57. The molecule has 1 saturated heterocycles. The first-order valence-electron chi connectivity index (χ1n) is 12.8. The fraction of sp³-hybridized carbons (Fsp3) is 0.852. The molecule has 32 heavy (non-hydrogen) atoms. The molecular formula is C27H46O4Si. The van der Waals surface area contributed by atoms with Crippen LogP contribution in [0.15, 0.2) is 24.0 Å². The van der Waals surface area contributed by atoms with Gasteiger partial charge >= 0.3 is 0 Å². The monoisotopic (exact) mass is 462 g/mol. The fourth-order valence-corrected chi connectivity index (χ4v) is 8.44. The summed E-state index contributed by atoms with van der Waals surface area (Å²) in [6.07, 6.45) is 10.8. The Labute approximate surface area is 196 Å². The number of aliphatic hydroxyl groups is 1. The first kappa shape index (κ1) is 24.5. The lowest BCUT2D eigenvalue weighted by Gasteiger charge is -2.67. The van der Waals surface area contributed by atoms with Gasteiger partial charge < -0.3 is 19.0 Å². The number of hydrogen-bond donors (Lipinski definition) is 1. The Balaban J connectivity index is 1.80. The Morgan fingerprint density at radius 2 is 1.97 bits per heavy atom. The highest BCUT2D eigenvalue weighted by molar-refractivity contribution is 6.74. The van der Waals surface area contributed by atoms with Crippen molar-refractivity contribution in [1.82, 2.24) is 0 Å². The quantitative estimate of drug-likeness (QED) is 0.386. The smallest absolute Gasteiger partial charge is 0.250 e. The molecule has 0 spiro atoms. The van der Waals surface area contributed by atoms with Crippen molar-refractivity contribution in [3.05, 3.63) is 24.0 Å². The summed E-state index contributed by atoms with van der Waals surface area (Å²) < 4.78 is 19.7. The molecule has 5 heteroatoms. The number of rotatable bonds is 5. The molecule has 1 N–H and O–H groups in total. The van der Waals surface area contributed by atoms with Crippen LogP contribution in [0.25, 0.3) is 0 Å². The van der Waals surface area contributed by atoms with Crippen molar-refractivity contribution in [3.8, 4) is 0 Å². The van der Waals surface area contributed by atoms with E-state index in [1.165, 1.54) is 0 Å². The third-order valence-electron chi connectivity index (χ3n) is 10.1. The lowest BCUT2D eigenvalue weighted by atomic mass is 9.41. The molecule has 0 aromatic heterocycles. The number of fused-ring (bicyclic) bond motifs is 2. The highest BCUT2D eigenvalue weighted by Crippen LogP contribution is 2.68. The van der Waals surface area contributed by atoms with Gasteiger partial charge in [-0.05, 0) is 73.6 Å². The van der Waals surface area contributed by atoms with Crippen molar-refractivity contribution in [2.75, 3.05) is 13.2 Å². The van der Waals surface area contributed by atoms with Gasteiger partial charge in [0.05, 0.1) is 18.5 Å². The zero-order chi connectivity index (χ0) is 23.5. The minimum Gasteiger partial charge on any atom is -0.547 e. The summed E-state index contributed by atoms with van der Waals surface area (Å²) in [5.41, 5.74) is -0.122. The molecule has 8 atom stereocenters. The second-order valence-electron chi connectivity index (χ2n) is 12.7. The largest absolute Gasteiger partial charge is 0.547 e. The van der Waals surface area contributed by atoms with Gasteiger partial charge in [-0.25, -0.2) is 0 Å². The van der Waals surface area contributed by atoms with E-state index in [1.54, 1.807) is 0 Å². The Morgan fingerprint density at radius 3 is 2.59 bits per heavy atom. The molecule has 0 bridgehead atoms. The normalized spacial score (nSPS) is 43.8. The van der Waals surface area contributed by atoms with E-state index in [0.717, 1.165) is 31.4 Å². The van der Waals surface area contributed by atoms with Crippen LogP contribution < -0.4 is 0 Å². The molecule has 4 aliphatic rings. The molecule has 0 radical (unpaired) electrons. The molecule has 1 aliphatic heterocycles. The first-order valence-corrected chi connectivity index (χ1v) is 15.7. The number of ether oxygens (including phenoxy) is 2. The van der Waals surface area contributed by atoms with E-state index in [9.17, 15) is 5.11 Å². The van der Waals surface area contributed by atoms with E-state index < -0.39 is 8.32 Å². The minimum absolute atomic E-state index is 0.00606. The maximum absolute atomic E-state index is 11.1. The van der Waals surface area contributed by atoms with Gasteiger partial charge in [0.2, 0.25) is 8.32 Å². The molecule has 0 amide bonds. The van der Waals surface area contributed by atoms with E-state index in [-0.39, 0.29) is 40.8 Å². The Kier molecular flexibility index (Phi) is 6.31. The van der Waals surface area contributed by atoms with E-state index in [0.29, 0.717) is 24.4 Å². The van der Waals surface area contributed by atoms with Crippen LogP contribution in [0.4, 0.5) is 0 Å². The molecule has 4 nitrogen and oxygen atoms in total. The fourth-order valence-electron chi connectivity index (χ4n) is 7.32. The topological polar surface area (TPSA) is 47.9 Å².